The van der Waals surface area contributed by atoms with Crippen LogP contribution in [0.15, 0.2) is 16.9 Å². The predicted molar refractivity (Wildman–Crippen MR) is 62.9 cm³/mol. The number of ether oxygens (including phenoxy) is 1. The van der Waals surface area contributed by atoms with Crippen LogP contribution in [-0.4, -0.2) is 27.1 Å². The normalized spacial score (nSPS) is 10.6. The van der Waals surface area contributed by atoms with Crippen molar-refractivity contribution in [2.45, 2.75) is 20.4 Å². The van der Waals surface area contributed by atoms with Crippen LogP contribution >= 0.6 is 0 Å². The minimum absolute atomic E-state index is 0.111. The van der Waals surface area contributed by atoms with Crippen LogP contribution in [0.3, 0.4) is 0 Å². The third kappa shape index (κ3) is 2.34. The Balaban J connectivity index is 2.18. The van der Waals surface area contributed by atoms with Gasteiger partial charge in [-0.05, 0) is 13.8 Å². The molecule has 0 radical (unpaired) electrons. The quantitative estimate of drug-likeness (QED) is 0.813. The summed E-state index contributed by atoms with van der Waals surface area (Å²) in [6.45, 7) is 4.13. The molecule has 0 unspecified atom stereocenters. The van der Waals surface area contributed by atoms with Crippen LogP contribution in [0.4, 0.5) is 5.82 Å². The van der Waals surface area contributed by atoms with Crippen LogP contribution in [0.1, 0.15) is 29.1 Å². The first kappa shape index (κ1) is 12.2. The molecule has 0 atom stereocenters. The molecule has 0 aliphatic heterocycles. The van der Waals surface area contributed by atoms with Crippen molar-refractivity contribution in [3.05, 3.63) is 29.9 Å². The van der Waals surface area contributed by atoms with Crippen LogP contribution in [0.25, 0.3) is 0 Å². The zero-order valence-corrected chi connectivity index (χ0v) is 10.2. The molecule has 7 nitrogen and oxygen atoms in total. The monoisotopic (exact) mass is 250 g/mol. The lowest BCUT2D eigenvalue weighted by Gasteiger charge is -2.02. The fourth-order valence-electron chi connectivity index (χ4n) is 1.49. The van der Waals surface area contributed by atoms with E-state index in [2.05, 4.69) is 9.97 Å². The summed E-state index contributed by atoms with van der Waals surface area (Å²) < 4.78 is 11.8. The van der Waals surface area contributed by atoms with E-state index in [-0.39, 0.29) is 18.1 Å². The maximum atomic E-state index is 11.5. The van der Waals surface area contributed by atoms with Gasteiger partial charge in [0.15, 0.2) is 5.69 Å². The van der Waals surface area contributed by atoms with E-state index in [1.54, 1.807) is 24.6 Å². The Bertz CT molecular complexity index is 558. The summed E-state index contributed by atoms with van der Waals surface area (Å²) in [5.74, 6) is 0.933. The number of anilines is 1. The molecule has 0 saturated carbocycles. The van der Waals surface area contributed by atoms with Gasteiger partial charge in [-0.15, -0.1) is 0 Å². The lowest BCUT2D eigenvalue weighted by atomic mass is 10.4. The van der Waals surface area contributed by atoms with Crippen molar-refractivity contribution in [2.24, 2.45) is 0 Å². The van der Waals surface area contributed by atoms with Crippen molar-refractivity contribution in [3.8, 4) is 0 Å². The topological polar surface area (TPSA) is 96.2 Å². The molecule has 0 amide bonds. The Morgan fingerprint density at radius 2 is 2.33 bits per heavy atom. The number of nitrogens with zero attached hydrogens (tertiary/aromatic N) is 3. The number of hydrogen-bond acceptors (Lipinski definition) is 6. The fraction of sp³-hybridized carbons (Fsp3) is 0.364. The predicted octanol–water partition coefficient (Wildman–Crippen LogP) is 0.987. The highest BCUT2D eigenvalue weighted by Gasteiger charge is 2.17. The van der Waals surface area contributed by atoms with E-state index in [9.17, 15) is 4.79 Å². The number of aromatic nitrogens is 3. The maximum absolute atomic E-state index is 11.5. The molecule has 0 fully saturated rings. The average molecular weight is 250 g/mol. The second kappa shape index (κ2) is 4.91. The van der Waals surface area contributed by atoms with Crippen LogP contribution in [0.2, 0.25) is 0 Å². The van der Waals surface area contributed by atoms with Crippen LogP contribution in [-0.2, 0) is 11.3 Å². The van der Waals surface area contributed by atoms with Gasteiger partial charge < -0.3 is 19.5 Å². The van der Waals surface area contributed by atoms with E-state index in [4.69, 9.17) is 14.9 Å². The number of hydrogen-bond donors (Lipinski definition) is 1. The lowest BCUT2D eigenvalue weighted by molar-refractivity contribution is 0.0521. The Hall–Kier alpha value is -2.31. The van der Waals surface area contributed by atoms with E-state index in [1.165, 1.54) is 6.33 Å². The highest BCUT2D eigenvalue weighted by atomic mass is 16.5. The molecule has 0 bridgehead atoms. The number of carbonyl (C=O) groups is 1. The first-order valence-electron chi connectivity index (χ1n) is 5.50. The minimum atomic E-state index is -0.530. The van der Waals surface area contributed by atoms with Crippen LogP contribution in [0, 0.1) is 6.92 Å². The molecule has 96 valence electrons. The third-order valence-corrected chi connectivity index (χ3v) is 2.32. The SMILES string of the molecule is CCOC(=O)c1ncn(Cc2ncc(C)o2)c1N. The van der Waals surface area contributed by atoms with Crippen molar-refractivity contribution in [1.82, 2.24) is 14.5 Å². The molecule has 0 aliphatic rings. The molecule has 2 heterocycles. The molecular formula is C11H14N4O3. The van der Waals surface area contributed by atoms with Gasteiger partial charge in [0.05, 0.1) is 19.1 Å². The standard InChI is InChI=1S/C11H14N4O3/c1-3-17-11(16)9-10(12)15(6-14-9)5-8-13-4-7(2)18-8/h4,6H,3,5,12H2,1-2H3. The highest BCUT2D eigenvalue weighted by molar-refractivity contribution is 5.92. The van der Waals surface area contributed by atoms with Gasteiger partial charge in [-0.25, -0.2) is 14.8 Å². The van der Waals surface area contributed by atoms with E-state index in [0.717, 1.165) is 0 Å². The molecule has 0 aliphatic carbocycles. The first-order valence-corrected chi connectivity index (χ1v) is 5.50. The van der Waals surface area contributed by atoms with Crippen molar-refractivity contribution in [2.75, 3.05) is 12.3 Å². The molecule has 0 aromatic carbocycles. The zero-order valence-electron chi connectivity index (χ0n) is 10.2. The molecule has 0 spiro atoms. The van der Waals surface area contributed by atoms with Crippen molar-refractivity contribution in [3.63, 3.8) is 0 Å². The van der Waals surface area contributed by atoms with Gasteiger partial charge in [-0.3, -0.25) is 0 Å². The highest BCUT2D eigenvalue weighted by Crippen LogP contribution is 2.14. The average Bonchev–Trinajstić information content (AvgIpc) is 2.88. The molecular weight excluding hydrogens is 236 g/mol. The molecule has 2 aromatic heterocycles. The van der Waals surface area contributed by atoms with Crippen molar-refractivity contribution < 1.29 is 13.9 Å². The number of nitrogen functional groups attached to an aromatic ring is 1. The van der Waals surface area contributed by atoms with Gasteiger partial charge in [0.2, 0.25) is 5.89 Å². The van der Waals surface area contributed by atoms with Gasteiger partial charge >= 0.3 is 5.97 Å². The molecule has 0 saturated heterocycles. The van der Waals surface area contributed by atoms with Gasteiger partial charge in [0.25, 0.3) is 0 Å². The van der Waals surface area contributed by atoms with E-state index < -0.39 is 5.97 Å². The van der Waals surface area contributed by atoms with Gasteiger partial charge in [0.1, 0.15) is 18.1 Å². The van der Waals surface area contributed by atoms with E-state index in [0.29, 0.717) is 18.2 Å². The third-order valence-electron chi connectivity index (χ3n) is 2.32. The zero-order chi connectivity index (χ0) is 13.1. The van der Waals surface area contributed by atoms with E-state index >= 15 is 0 Å². The Morgan fingerprint density at radius 1 is 1.56 bits per heavy atom. The smallest absolute Gasteiger partial charge is 0.360 e. The fourth-order valence-corrected chi connectivity index (χ4v) is 1.49. The molecule has 2 aromatic rings. The Kier molecular flexibility index (Phi) is 3.31. The summed E-state index contributed by atoms with van der Waals surface area (Å²) in [4.78, 5) is 19.5. The van der Waals surface area contributed by atoms with Crippen LogP contribution < -0.4 is 5.73 Å². The summed E-state index contributed by atoms with van der Waals surface area (Å²) in [7, 11) is 0. The number of rotatable bonds is 4. The number of oxazole rings is 1. The van der Waals surface area contributed by atoms with Crippen molar-refractivity contribution in [1.29, 1.82) is 0 Å². The molecule has 7 heteroatoms. The largest absolute Gasteiger partial charge is 0.461 e. The minimum Gasteiger partial charge on any atom is -0.461 e. The Morgan fingerprint density at radius 3 is 2.94 bits per heavy atom. The van der Waals surface area contributed by atoms with E-state index in [1.807, 2.05) is 0 Å². The molecule has 2 N–H and O–H groups in total. The summed E-state index contributed by atoms with van der Waals surface area (Å²) in [6.07, 6.45) is 3.08. The second-order valence-electron chi connectivity index (χ2n) is 3.69. The number of aryl methyl sites for hydroxylation is 1. The van der Waals surface area contributed by atoms with Crippen molar-refractivity contribution >= 4 is 11.8 Å². The second-order valence-corrected chi connectivity index (χ2v) is 3.69. The van der Waals surface area contributed by atoms with Gasteiger partial charge in [-0.1, -0.05) is 0 Å². The van der Waals surface area contributed by atoms with Gasteiger partial charge in [0, 0.05) is 0 Å². The maximum Gasteiger partial charge on any atom is 0.360 e. The number of esters is 1. The van der Waals surface area contributed by atoms with Gasteiger partial charge in [-0.2, -0.15) is 0 Å². The number of carbonyl (C=O) groups excluding carboxylic acids is 1. The van der Waals surface area contributed by atoms with Crippen LogP contribution in [0.5, 0.6) is 0 Å². The molecule has 2 rings (SSSR count). The molecule has 18 heavy (non-hydrogen) atoms. The summed E-state index contributed by atoms with van der Waals surface area (Å²) in [5.41, 5.74) is 5.93. The summed E-state index contributed by atoms with van der Waals surface area (Å²) >= 11 is 0. The summed E-state index contributed by atoms with van der Waals surface area (Å²) in [6, 6.07) is 0. The Labute approximate surface area is 104 Å². The summed E-state index contributed by atoms with van der Waals surface area (Å²) in [5, 5.41) is 0. The first-order chi connectivity index (χ1) is 8.61. The number of nitrogens with two attached hydrogens (primary N) is 1. The number of imidazole rings is 1. The lowest BCUT2D eigenvalue weighted by Crippen LogP contribution is -2.10.